The van der Waals surface area contributed by atoms with Crippen LogP contribution >= 0.6 is 11.6 Å². The molecule has 198 valence electrons. The molecule has 0 aliphatic rings. The Bertz CT molecular complexity index is 1270. The summed E-state index contributed by atoms with van der Waals surface area (Å²) in [5, 5.41) is 20.3. The van der Waals surface area contributed by atoms with E-state index in [0.29, 0.717) is 39.6 Å². The third-order valence-electron chi connectivity index (χ3n) is 6.01. The molecule has 37 heavy (non-hydrogen) atoms. The number of ether oxygens (including phenoxy) is 2. The average molecular weight is 531 g/mol. The van der Waals surface area contributed by atoms with Crippen LogP contribution in [0.2, 0.25) is 5.02 Å². The molecule has 0 radical (unpaired) electrons. The first kappa shape index (κ1) is 28.5. The fourth-order valence-corrected chi connectivity index (χ4v) is 3.91. The summed E-state index contributed by atoms with van der Waals surface area (Å²) < 4.78 is 24.4. The molecule has 3 aromatic rings. The Hall–Kier alpha value is -3.04. The zero-order chi connectivity index (χ0) is 27.4. The Kier molecular flexibility index (Phi) is 8.92. The SMILES string of the molecule is COc1cc(C(=O)CC[C@@](C)(O)c2cc(C(C)(C)N)cc(-c3ccc(F)c(Cl)c3)n2)ccc1OCCO. The molecular formula is C28H32ClFN2O5. The number of pyridine rings is 1. The zero-order valence-electron chi connectivity index (χ0n) is 21.3. The van der Waals surface area contributed by atoms with Gasteiger partial charge in [0.1, 0.15) is 18.0 Å². The van der Waals surface area contributed by atoms with Crippen LogP contribution in [0, 0.1) is 5.82 Å². The van der Waals surface area contributed by atoms with Gasteiger partial charge in [-0.1, -0.05) is 11.6 Å². The van der Waals surface area contributed by atoms with E-state index in [1.165, 1.54) is 19.2 Å². The molecule has 7 nitrogen and oxygen atoms in total. The normalized spacial score (nSPS) is 13.2. The van der Waals surface area contributed by atoms with Crippen molar-refractivity contribution in [3.63, 3.8) is 0 Å². The molecule has 2 aromatic carbocycles. The standard InChI is InChI=1S/C28H32ClFN2O5/c1-27(2,31)19-15-22(17-5-7-21(30)20(29)13-17)32-26(16-19)28(3,35)10-9-23(34)18-6-8-24(37-12-11-33)25(14-18)36-4/h5-8,13-16,33,35H,9-12,31H2,1-4H3/t28-/m1/s1. The lowest BCUT2D eigenvalue weighted by atomic mass is 9.88. The fourth-order valence-electron chi connectivity index (χ4n) is 3.73. The highest BCUT2D eigenvalue weighted by atomic mass is 35.5. The van der Waals surface area contributed by atoms with Crippen molar-refractivity contribution in [2.45, 2.75) is 44.8 Å². The zero-order valence-corrected chi connectivity index (χ0v) is 22.1. The number of benzene rings is 2. The van der Waals surface area contributed by atoms with Crippen LogP contribution in [0.25, 0.3) is 11.3 Å². The Morgan fingerprint density at radius 2 is 1.84 bits per heavy atom. The number of aromatic nitrogens is 1. The van der Waals surface area contributed by atoms with Gasteiger partial charge in [-0.15, -0.1) is 0 Å². The minimum atomic E-state index is -1.47. The number of aliphatic hydroxyl groups is 2. The molecule has 0 saturated heterocycles. The molecule has 0 bridgehead atoms. The lowest BCUT2D eigenvalue weighted by Gasteiger charge is -2.27. The lowest BCUT2D eigenvalue weighted by Crippen LogP contribution is -2.31. The smallest absolute Gasteiger partial charge is 0.163 e. The van der Waals surface area contributed by atoms with Gasteiger partial charge in [-0.3, -0.25) is 4.79 Å². The van der Waals surface area contributed by atoms with E-state index in [2.05, 4.69) is 4.98 Å². The van der Waals surface area contributed by atoms with Crippen LogP contribution in [0.1, 0.15) is 55.2 Å². The molecule has 3 rings (SSSR count). The molecule has 1 atom stereocenters. The third-order valence-corrected chi connectivity index (χ3v) is 6.30. The van der Waals surface area contributed by atoms with Gasteiger partial charge in [0.15, 0.2) is 17.3 Å². The highest BCUT2D eigenvalue weighted by Crippen LogP contribution is 2.34. The number of hydrogen-bond acceptors (Lipinski definition) is 7. The Morgan fingerprint density at radius 1 is 1.11 bits per heavy atom. The number of ketones is 1. The second-order valence-electron chi connectivity index (χ2n) is 9.61. The molecule has 0 aliphatic carbocycles. The Labute approximate surface area is 221 Å². The number of carbonyl (C=O) groups is 1. The molecule has 4 N–H and O–H groups in total. The number of Topliss-reactive ketones (excluding diaryl/α,β-unsaturated/α-hetero) is 1. The maximum absolute atomic E-state index is 13.7. The number of hydrogen-bond donors (Lipinski definition) is 3. The fraction of sp³-hybridized carbons (Fsp3) is 0.357. The molecule has 1 aromatic heterocycles. The highest BCUT2D eigenvalue weighted by Gasteiger charge is 2.29. The minimum absolute atomic E-state index is 0.0304. The van der Waals surface area contributed by atoms with Crippen molar-refractivity contribution in [1.82, 2.24) is 4.98 Å². The topological polar surface area (TPSA) is 115 Å². The summed E-state index contributed by atoms with van der Waals surface area (Å²) in [4.78, 5) is 17.6. The maximum atomic E-state index is 13.7. The molecule has 0 unspecified atom stereocenters. The van der Waals surface area contributed by atoms with Gasteiger partial charge < -0.3 is 25.4 Å². The first-order valence-electron chi connectivity index (χ1n) is 11.8. The molecule has 0 aliphatic heterocycles. The van der Waals surface area contributed by atoms with Gasteiger partial charge in [-0.25, -0.2) is 9.37 Å². The van der Waals surface area contributed by atoms with Gasteiger partial charge in [0, 0.05) is 23.1 Å². The summed E-state index contributed by atoms with van der Waals surface area (Å²) in [5.41, 5.74) is 6.62. The van der Waals surface area contributed by atoms with Crippen LogP contribution in [0.15, 0.2) is 48.5 Å². The van der Waals surface area contributed by atoms with Crippen molar-refractivity contribution in [2.24, 2.45) is 5.73 Å². The van der Waals surface area contributed by atoms with E-state index in [0.717, 1.165) is 0 Å². The van der Waals surface area contributed by atoms with Crippen molar-refractivity contribution in [3.05, 3.63) is 76.2 Å². The quantitative estimate of drug-likeness (QED) is 0.299. The van der Waals surface area contributed by atoms with Crippen molar-refractivity contribution in [3.8, 4) is 22.8 Å². The van der Waals surface area contributed by atoms with Crippen LogP contribution < -0.4 is 15.2 Å². The maximum Gasteiger partial charge on any atom is 0.163 e. The minimum Gasteiger partial charge on any atom is -0.493 e. The molecule has 0 amide bonds. The predicted octanol–water partition coefficient (Wildman–Crippen LogP) is 4.99. The number of methoxy groups -OCH3 is 1. The third kappa shape index (κ3) is 7.05. The van der Waals surface area contributed by atoms with Crippen LogP contribution in [0.4, 0.5) is 4.39 Å². The summed E-state index contributed by atoms with van der Waals surface area (Å²) in [5.74, 6) is 0.0383. The molecular weight excluding hydrogens is 499 g/mol. The van der Waals surface area contributed by atoms with E-state index >= 15 is 0 Å². The van der Waals surface area contributed by atoms with E-state index in [4.69, 9.17) is 31.9 Å². The van der Waals surface area contributed by atoms with Gasteiger partial charge in [0.25, 0.3) is 0 Å². The Balaban J connectivity index is 1.88. The number of nitrogens with two attached hydrogens (primary N) is 1. The second kappa shape index (κ2) is 11.6. The van der Waals surface area contributed by atoms with Gasteiger partial charge >= 0.3 is 0 Å². The number of nitrogens with zero attached hydrogens (tertiary/aromatic N) is 1. The number of rotatable bonds is 11. The van der Waals surface area contributed by atoms with Crippen molar-refractivity contribution < 1.29 is 28.9 Å². The van der Waals surface area contributed by atoms with E-state index in [1.807, 2.05) is 13.8 Å². The summed E-state index contributed by atoms with van der Waals surface area (Å²) in [6.07, 6.45) is 0.116. The largest absolute Gasteiger partial charge is 0.493 e. The van der Waals surface area contributed by atoms with E-state index in [1.54, 1.807) is 43.3 Å². The monoisotopic (exact) mass is 530 g/mol. The van der Waals surface area contributed by atoms with Crippen molar-refractivity contribution in [2.75, 3.05) is 20.3 Å². The number of aliphatic hydroxyl groups excluding tert-OH is 1. The van der Waals surface area contributed by atoms with Crippen molar-refractivity contribution >= 4 is 17.4 Å². The van der Waals surface area contributed by atoms with E-state index < -0.39 is 17.0 Å². The van der Waals surface area contributed by atoms with Crippen LogP contribution in [0.5, 0.6) is 11.5 Å². The second-order valence-corrected chi connectivity index (χ2v) is 10.0. The molecule has 0 spiro atoms. The Morgan fingerprint density at radius 3 is 2.46 bits per heavy atom. The summed E-state index contributed by atoms with van der Waals surface area (Å²) in [7, 11) is 1.46. The van der Waals surface area contributed by atoms with Gasteiger partial charge in [0.05, 0.1) is 30.1 Å². The first-order valence-corrected chi connectivity index (χ1v) is 12.2. The summed E-state index contributed by atoms with van der Waals surface area (Å²) in [6, 6.07) is 12.6. The summed E-state index contributed by atoms with van der Waals surface area (Å²) >= 11 is 5.98. The van der Waals surface area contributed by atoms with E-state index in [-0.39, 0.29) is 36.9 Å². The molecule has 0 saturated carbocycles. The van der Waals surface area contributed by atoms with Gasteiger partial charge in [-0.2, -0.15) is 0 Å². The predicted molar refractivity (Wildman–Crippen MR) is 141 cm³/mol. The van der Waals surface area contributed by atoms with Gasteiger partial charge in [-0.05, 0) is 81.3 Å². The van der Waals surface area contributed by atoms with Crippen molar-refractivity contribution in [1.29, 1.82) is 0 Å². The highest BCUT2D eigenvalue weighted by molar-refractivity contribution is 6.31. The lowest BCUT2D eigenvalue weighted by molar-refractivity contribution is 0.0396. The average Bonchev–Trinajstić information content (AvgIpc) is 2.86. The van der Waals surface area contributed by atoms with Crippen LogP contribution in [-0.4, -0.2) is 41.3 Å². The van der Waals surface area contributed by atoms with E-state index in [9.17, 15) is 14.3 Å². The molecule has 0 fully saturated rings. The summed E-state index contributed by atoms with van der Waals surface area (Å²) in [6.45, 7) is 5.19. The molecule has 1 heterocycles. The number of carbonyl (C=O) groups excluding carboxylic acids is 1. The van der Waals surface area contributed by atoms with Crippen LogP contribution in [0.3, 0.4) is 0 Å². The first-order chi connectivity index (χ1) is 17.4. The molecule has 9 heteroatoms. The number of halogens is 2. The van der Waals surface area contributed by atoms with Crippen LogP contribution in [-0.2, 0) is 11.1 Å². The van der Waals surface area contributed by atoms with Gasteiger partial charge in [0.2, 0.25) is 0 Å².